The smallest absolute Gasteiger partial charge is 0.272 e. The first-order valence-corrected chi connectivity index (χ1v) is 11.5. The Bertz CT molecular complexity index is 1340. The summed E-state index contributed by atoms with van der Waals surface area (Å²) < 4.78 is 7.14. The molecule has 2 N–H and O–H groups in total. The molecule has 0 spiro atoms. The molecule has 1 atom stereocenters. The van der Waals surface area contributed by atoms with Gasteiger partial charge in [0.1, 0.15) is 5.75 Å². The highest BCUT2D eigenvalue weighted by molar-refractivity contribution is 5.60. The van der Waals surface area contributed by atoms with Gasteiger partial charge in [0.25, 0.3) is 5.56 Å². The normalized spacial score (nSPS) is 14.1. The van der Waals surface area contributed by atoms with Gasteiger partial charge in [0.15, 0.2) is 5.65 Å². The van der Waals surface area contributed by atoms with Gasteiger partial charge in [-0.2, -0.15) is 0 Å². The standard InChI is InChI=1S/C26H29N5O2/c1-16(2)26(28-15-19-11-17-7-6-8-18(17)12-23(19)33-3)22-14-25(32)31-24(29-22)13-21(30-31)20-9-4-5-10-27-20/h4-5,9-14,16,26,28,30H,6-8,15H2,1-3H3. The number of methoxy groups -OCH3 is 1. The fourth-order valence-corrected chi connectivity index (χ4v) is 4.70. The summed E-state index contributed by atoms with van der Waals surface area (Å²) in [5, 5.41) is 6.75. The molecular weight excluding hydrogens is 414 g/mol. The van der Waals surface area contributed by atoms with Gasteiger partial charge in [0, 0.05) is 30.4 Å². The number of aromatic nitrogens is 4. The Morgan fingerprint density at radius 2 is 1.97 bits per heavy atom. The summed E-state index contributed by atoms with van der Waals surface area (Å²) in [7, 11) is 1.72. The van der Waals surface area contributed by atoms with Crippen LogP contribution in [0.15, 0.2) is 53.5 Å². The first-order valence-electron chi connectivity index (χ1n) is 11.5. The number of fused-ring (bicyclic) bond motifs is 2. The minimum Gasteiger partial charge on any atom is -0.496 e. The SMILES string of the molecule is COc1cc2c(cc1CNC(c1cc(=O)n3[nH]c(-c4ccccn4)cc3n1)C(C)C)CCC2. The predicted octanol–water partition coefficient (Wildman–Crippen LogP) is 4.07. The summed E-state index contributed by atoms with van der Waals surface area (Å²) in [6.07, 6.45) is 5.18. The molecule has 7 nitrogen and oxygen atoms in total. The maximum absolute atomic E-state index is 12.9. The van der Waals surface area contributed by atoms with Crippen LogP contribution in [-0.2, 0) is 19.4 Å². The number of pyridine rings is 1. The molecule has 7 heteroatoms. The Morgan fingerprint density at radius 3 is 2.70 bits per heavy atom. The molecule has 0 saturated carbocycles. The van der Waals surface area contributed by atoms with Crippen LogP contribution in [0.25, 0.3) is 17.0 Å². The molecule has 0 amide bonds. The Balaban J connectivity index is 1.45. The average molecular weight is 444 g/mol. The zero-order valence-electron chi connectivity index (χ0n) is 19.3. The number of aromatic amines is 1. The van der Waals surface area contributed by atoms with Crippen molar-refractivity contribution >= 4 is 5.65 Å². The number of nitrogens with zero attached hydrogens (tertiary/aromatic N) is 3. The lowest BCUT2D eigenvalue weighted by Crippen LogP contribution is -2.28. The second kappa shape index (κ2) is 8.83. The molecule has 0 fully saturated rings. The number of ether oxygens (including phenoxy) is 1. The van der Waals surface area contributed by atoms with Crippen LogP contribution in [0.4, 0.5) is 0 Å². The van der Waals surface area contributed by atoms with Gasteiger partial charge in [-0.3, -0.25) is 14.9 Å². The molecule has 1 aliphatic rings. The number of nitrogens with one attached hydrogen (secondary N) is 2. The molecule has 0 aliphatic heterocycles. The molecule has 33 heavy (non-hydrogen) atoms. The number of rotatable bonds is 7. The van der Waals surface area contributed by atoms with E-state index in [0.29, 0.717) is 12.2 Å². The quantitative estimate of drug-likeness (QED) is 0.450. The molecule has 3 heterocycles. The van der Waals surface area contributed by atoms with Crippen molar-refractivity contribution in [2.75, 3.05) is 7.11 Å². The van der Waals surface area contributed by atoms with E-state index >= 15 is 0 Å². The van der Waals surface area contributed by atoms with Crippen molar-refractivity contribution in [3.8, 4) is 17.1 Å². The van der Waals surface area contributed by atoms with E-state index in [1.54, 1.807) is 19.4 Å². The average Bonchev–Trinajstić information content (AvgIpc) is 3.46. The molecule has 1 aromatic carbocycles. The summed E-state index contributed by atoms with van der Waals surface area (Å²) in [4.78, 5) is 22.1. The van der Waals surface area contributed by atoms with Gasteiger partial charge in [-0.1, -0.05) is 26.0 Å². The third-order valence-electron chi connectivity index (χ3n) is 6.40. The van der Waals surface area contributed by atoms with Crippen LogP contribution >= 0.6 is 0 Å². The largest absolute Gasteiger partial charge is 0.496 e. The van der Waals surface area contributed by atoms with Crippen LogP contribution in [0.2, 0.25) is 0 Å². The number of H-pyrrole nitrogens is 1. The van der Waals surface area contributed by atoms with E-state index in [2.05, 4.69) is 41.4 Å². The Morgan fingerprint density at radius 1 is 1.15 bits per heavy atom. The molecular formula is C26H29N5O2. The Hall–Kier alpha value is -3.45. The molecule has 0 bridgehead atoms. The van der Waals surface area contributed by atoms with Gasteiger partial charge in [-0.05, 0) is 54.5 Å². The van der Waals surface area contributed by atoms with E-state index in [9.17, 15) is 4.79 Å². The van der Waals surface area contributed by atoms with Crippen LogP contribution < -0.4 is 15.6 Å². The first kappa shape index (κ1) is 21.4. The molecule has 4 aromatic rings. The van der Waals surface area contributed by atoms with Crippen LogP contribution in [0, 0.1) is 5.92 Å². The molecule has 1 unspecified atom stereocenters. The highest BCUT2D eigenvalue weighted by atomic mass is 16.5. The Kier molecular flexibility index (Phi) is 5.72. The van der Waals surface area contributed by atoms with Gasteiger partial charge in [-0.25, -0.2) is 9.50 Å². The van der Waals surface area contributed by atoms with E-state index in [1.807, 2.05) is 24.3 Å². The lowest BCUT2D eigenvalue weighted by atomic mass is 9.99. The van der Waals surface area contributed by atoms with E-state index in [1.165, 1.54) is 22.1 Å². The van der Waals surface area contributed by atoms with E-state index in [-0.39, 0.29) is 17.5 Å². The molecule has 0 radical (unpaired) electrons. The number of hydrogen-bond donors (Lipinski definition) is 2. The van der Waals surface area contributed by atoms with Crippen molar-refractivity contribution in [1.29, 1.82) is 0 Å². The van der Waals surface area contributed by atoms with Crippen LogP contribution in [0.3, 0.4) is 0 Å². The zero-order chi connectivity index (χ0) is 22.9. The van der Waals surface area contributed by atoms with Gasteiger partial charge in [-0.15, -0.1) is 0 Å². The maximum atomic E-state index is 12.9. The lowest BCUT2D eigenvalue weighted by molar-refractivity contribution is 0.384. The maximum Gasteiger partial charge on any atom is 0.272 e. The summed E-state index contributed by atoms with van der Waals surface area (Å²) in [6.45, 7) is 4.92. The van der Waals surface area contributed by atoms with Crippen molar-refractivity contribution in [3.05, 3.63) is 81.4 Å². The molecule has 170 valence electrons. The summed E-state index contributed by atoms with van der Waals surface area (Å²) >= 11 is 0. The zero-order valence-corrected chi connectivity index (χ0v) is 19.3. The fraction of sp³-hybridized carbons (Fsp3) is 0.346. The van der Waals surface area contributed by atoms with Gasteiger partial charge >= 0.3 is 0 Å². The summed E-state index contributed by atoms with van der Waals surface area (Å²) in [5.41, 5.74) is 6.66. The van der Waals surface area contributed by atoms with Gasteiger partial charge in [0.2, 0.25) is 0 Å². The van der Waals surface area contributed by atoms with E-state index in [0.717, 1.165) is 41.2 Å². The third-order valence-corrected chi connectivity index (χ3v) is 6.40. The molecule has 3 aromatic heterocycles. The fourth-order valence-electron chi connectivity index (χ4n) is 4.70. The number of benzene rings is 1. The molecule has 5 rings (SSSR count). The first-order chi connectivity index (χ1) is 16.0. The van der Waals surface area contributed by atoms with Crippen molar-refractivity contribution in [2.45, 2.75) is 45.7 Å². The van der Waals surface area contributed by atoms with Gasteiger partial charge < -0.3 is 10.1 Å². The second-order valence-electron chi connectivity index (χ2n) is 8.99. The minimum absolute atomic E-state index is 0.0751. The van der Waals surface area contributed by atoms with Crippen LogP contribution in [-0.4, -0.2) is 26.7 Å². The molecule has 1 aliphatic carbocycles. The van der Waals surface area contributed by atoms with Gasteiger partial charge in [0.05, 0.1) is 30.2 Å². The summed E-state index contributed by atoms with van der Waals surface area (Å²) in [6, 6.07) is 13.5. The molecule has 0 saturated heterocycles. The minimum atomic E-state index is -0.139. The lowest BCUT2D eigenvalue weighted by Gasteiger charge is -2.23. The Labute approximate surface area is 192 Å². The van der Waals surface area contributed by atoms with E-state index in [4.69, 9.17) is 9.72 Å². The highest BCUT2D eigenvalue weighted by Gasteiger charge is 2.21. The van der Waals surface area contributed by atoms with Crippen molar-refractivity contribution < 1.29 is 4.74 Å². The van der Waals surface area contributed by atoms with Crippen molar-refractivity contribution in [1.82, 2.24) is 24.9 Å². The van der Waals surface area contributed by atoms with Crippen LogP contribution in [0.5, 0.6) is 5.75 Å². The highest BCUT2D eigenvalue weighted by Crippen LogP contribution is 2.31. The summed E-state index contributed by atoms with van der Waals surface area (Å²) in [5.74, 6) is 1.16. The van der Waals surface area contributed by atoms with E-state index < -0.39 is 0 Å². The monoisotopic (exact) mass is 443 g/mol. The number of hydrogen-bond acceptors (Lipinski definition) is 5. The third kappa shape index (κ3) is 4.16. The van der Waals surface area contributed by atoms with Crippen molar-refractivity contribution in [2.24, 2.45) is 5.92 Å². The number of aryl methyl sites for hydroxylation is 2. The van der Waals surface area contributed by atoms with Crippen LogP contribution in [0.1, 0.15) is 48.7 Å². The topological polar surface area (TPSA) is 84.3 Å². The predicted molar refractivity (Wildman–Crippen MR) is 128 cm³/mol. The van der Waals surface area contributed by atoms with Crippen molar-refractivity contribution in [3.63, 3.8) is 0 Å². The second-order valence-corrected chi connectivity index (χ2v) is 8.99.